The number of piperidine rings is 1. The van der Waals surface area contributed by atoms with Crippen LogP contribution >= 0.6 is 0 Å². The van der Waals surface area contributed by atoms with E-state index in [0.29, 0.717) is 19.4 Å². The van der Waals surface area contributed by atoms with Crippen molar-refractivity contribution in [2.24, 2.45) is 0 Å². The van der Waals surface area contributed by atoms with E-state index in [1.807, 2.05) is 18.2 Å². The smallest absolute Gasteiger partial charge is 0.115 e. The van der Waals surface area contributed by atoms with E-state index < -0.39 is 11.0 Å². The maximum absolute atomic E-state index is 12.0. The van der Waals surface area contributed by atoms with E-state index in [1.165, 1.54) is 5.56 Å². The average Bonchev–Trinajstić information content (AvgIpc) is 2.64. The zero-order valence-corrected chi connectivity index (χ0v) is 16.4. The molecule has 2 aromatic carbocycles. The van der Waals surface area contributed by atoms with Gasteiger partial charge in [0.15, 0.2) is 0 Å². The number of phenols is 1. The van der Waals surface area contributed by atoms with Gasteiger partial charge in [0.05, 0.1) is 11.1 Å². The van der Waals surface area contributed by atoms with E-state index in [9.17, 15) is 10.2 Å². The Balaban J connectivity index is 1.71. The third kappa shape index (κ3) is 2.55. The van der Waals surface area contributed by atoms with Gasteiger partial charge in [-0.05, 0) is 67.9 Å². The van der Waals surface area contributed by atoms with Crippen LogP contribution in [0, 0.1) is 6.92 Å². The number of aryl methyl sites for hydroxylation is 1. The molecular formula is C24H26N2O2. The van der Waals surface area contributed by atoms with Crippen molar-refractivity contribution in [2.75, 3.05) is 20.1 Å². The Kier molecular flexibility index (Phi) is 3.80. The number of aliphatic hydroxyl groups is 1. The summed E-state index contributed by atoms with van der Waals surface area (Å²) in [6.45, 7) is 3.62. The first kappa shape index (κ1) is 17.7. The fourth-order valence-corrected chi connectivity index (χ4v) is 5.36. The largest absolute Gasteiger partial charge is 0.508 e. The zero-order valence-electron chi connectivity index (χ0n) is 16.4. The van der Waals surface area contributed by atoms with Crippen LogP contribution in [0.5, 0.6) is 5.75 Å². The lowest BCUT2D eigenvalue weighted by Crippen LogP contribution is -2.66. The fourth-order valence-electron chi connectivity index (χ4n) is 5.36. The molecule has 4 heteroatoms. The fraction of sp³-hybridized carbons (Fsp3) is 0.375. The third-order valence-corrected chi connectivity index (χ3v) is 6.84. The van der Waals surface area contributed by atoms with Gasteiger partial charge >= 0.3 is 0 Å². The zero-order chi connectivity index (χ0) is 19.5. The SMILES string of the molecule is Cc1ccc2cc3c(nc2c1)C[C@]1(c2cccc(O)c2)CCN(C)C[C@@]1(O)C3. The van der Waals surface area contributed by atoms with E-state index in [1.54, 1.807) is 6.07 Å². The minimum atomic E-state index is -0.888. The van der Waals surface area contributed by atoms with Crippen molar-refractivity contribution >= 4 is 10.9 Å². The van der Waals surface area contributed by atoms with Gasteiger partial charge < -0.3 is 15.1 Å². The average molecular weight is 374 g/mol. The predicted molar refractivity (Wildman–Crippen MR) is 111 cm³/mol. The number of benzene rings is 2. The van der Waals surface area contributed by atoms with Crippen LogP contribution in [0.2, 0.25) is 0 Å². The van der Waals surface area contributed by atoms with Crippen LogP contribution in [0.1, 0.15) is 28.8 Å². The van der Waals surface area contributed by atoms with Gasteiger partial charge in [0, 0.05) is 35.9 Å². The highest BCUT2D eigenvalue weighted by Crippen LogP contribution is 2.50. The number of rotatable bonds is 1. The van der Waals surface area contributed by atoms with Gasteiger partial charge in [-0.3, -0.25) is 4.98 Å². The lowest BCUT2D eigenvalue weighted by atomic mass is 9.56. The summed E-state index contributed by atoms with van der Waals surface area (Å²) in [5.41, 5.74) is 4.13. The molecule has 1 aliphatic heterocycles. The molecule has 28 heavy (non-hydrogen) atoms. The topological polar surface area (TPSA) is 56.6 Å². The molecule has 1 saturated heterocycles. The Morgan fingerprint density at radius 3 is 2.75 bits per heavy atom. The van der Waals surface area contributed by atoms with Crippen LogP contribution in [-0.4, -0.2) is 45.8 Å². The van der Waals surface area contributed by atoms with Crippen molar-refractivity contribution in [3.8, 4) is 5.75 Å². The molecular weight excluding hydrogens is 348 g/mol. The van der Waals surface area contributed by atoms with Crippen LogP contribution < -0.4 is 0 Å². The number of hydrogen-bond donors (Lipinski definition) is 2. The molecule has 1 aliphatic carbocycles. The van der Waals surface area contributed by atoms with Gasteiger partial charge in [-0.15, -0.1) is 0 Å². The first-order chi connectivity index (χ1) is 13.4. The molecule has 2 N–H and O–H groups in total. The Bertz CT molecular complexity index is 1080. The summed E-state index contributed by atoms with van der Waals surface area (Å²) in [5, 5.41) is 23.2. The predicted octanol–water partition coefficient (Wildman–Crippen LogP) is 3.35. The number of β-amino-alcohol motifs (C(OH)–C–C–N with tert-alkyl or cyclic N) is 1. The molecule has 144 valence electrons. The van der Waals surface area contributed by atoms with Crippen molar-refractivity contribution in [3.63, 3.8) is 0 Å². The van der Waals surface area contributed by atoms with Gasteiger partial charge in [0.2, 0.25) is 0 Å². The van der Waals surface area contributed by atoms with Crippen molar-refractivity contribution < 1.29 is 10.2 Å². The number of nitrogens with zero attached hydrogens (tertiary/aromatic N) is 2. The minimum absolute atomic E-state index is 0.251. The molecule has 2 heterocycles. The van der Waals surface area contributed by atoms with Gasteiger partial charge in [-0.2, -0.15) is 0 Å². The van der Waals surface area contributed by atoms with Gasteiger partial charge in [-0.25, -0.2) is 0 Å². The van der Waals surface area contributed by atoms with E-state index in [4.69, 9.17) is 4.98 Å². The summed E-state index contributed by atoms with van der Waals surface area (Å²) in [7, 11) is 2.07. The highest BCUT2D eigenvalue weighted by molar-refractivity contribution is 5.80. The van der Waals surface area contributed by atoms with E-state index >= 15 is 0 Å². The summed E-state index contributed by atoms with van der Waals surface area (Å²) in [4.78, 5) is 7.24. The number of phenolic OH excluding ortho intramolecular Hbond substituents is 1. The van der Waals surface area contributed by atoms with Crippen LogP contribution in [0.15, 0.2) is 48.5 Å². The Hall–Kier alpha value is -2.43. The normalized spacial score (nSPS) is 27.4. The van der Waals surface area contributed by atoms with Gasteiger partial charge in [0.25, 0.3) is 0 Å². The molecule has 0 radical (unpaired) electrons. The summed E-state index contributed by atoms with van der Waals surface area (Å²) in [6.07, 6.45) is 2.12. The standard InChI is InChI=1S/C24H26N2O2/c1-16-6-7-17-11-18-13-24(28)15-26(2)9-8-23(24,14-22(18)25-21(17)10-16)19-4-3-5-20(27)12-19/h3-7,10-12,27-28H,8-9,13-15H2,1-2H3/t23-,24-/m0/s1. The van der Waals surface area contributed by atoms with Crippen LogP contribution in [0.4, 0.5) is 0 Å². The third-order valence-electron chi connectivity index (χ3n) is 6.84. The number of aromatic hydroxyl groups is 1. The molecule has 0 saturated carbocycles. The molecule has 1 aromatic heterocycles. The quantitative estimate of drug-likeness (QED) is 0.686. The summed E-state index contributed by atoms with van der Waals surface area (Å²) in [6, 6.07) is 16.0. The summed E-state index contributed by atoms with van der Waals surface area (Å²) < 4.78 is 0. The molecule has 2 atom stereocenters. The highest BCUT2D eigenvalue weighted by atomic mass is 16.3. The molecule has 4 nitrogen and oxygen atoms in total. The molecule has 0 unspecified atom stereocenters. The number of likely N-dealkylation sites (tertiary alicyclic amines) is 1. The summed E-state index contributed by atoms with van der Waals surface area (Å²) >= 11 is 0. The van der Waals surface area contributed by atoms with Gasteiger partial charge in [0.1, 0.15) is 5.75 Å². The lowest BCUT2D eigenvalue weighted by Gasteiger charge is -2.56. The van der Waals surface area contributed by atoms with Crippen molar-refractivity contribution in [2.45, 2.75) is 37.2 Å². The molecule has 0 bridgehead atoms. The van der Waals surface area contributed by atoms with E-state index in [0.717, 1.165) is 40.7 Å². The van der Waals surface area contributed by atoms with Crippen molar-refractivity contribution in [1.29, 1.82) is 0 Å². The molecule has 5 rings (SSSR count). The highest BCUT2D eigenvalue weighted by Gasteiger charge is 2.56. The first-order valence-corrected chi connectivity index (χ1v) is 9.98. The number of likely N-dealkylation sites (N-methyl/N-ethyl adjacent to an activating group) is 1. The maximum Gasteiger partial charge on any atom is 0.115 e. The molecule has 3 aromatic rings. The molecule has 1 fully saturated rings. The summed E-state index contributed by atoms with van der Waals surface area (Å²) in [5.74, 6) is 0.251. The number of pyridine rings is 1. The van der Waals surface area contributed by atoms with E-state index in [-0.39, 0.29) is 5.75 Å². The number of hydrogen-bond acceptors (Lipinski definition) is 4. The minimum Gasteiger partial charge on any atom is -0.508 e. The van der Waals surface area contributed by atoms with Crippen LogP contribution in [0.3, 0.4) is 0 Å². The lowest BCUT2D eigenvalue weighted by molar-refractivity contribution is -0.0976. The van der Waals surface area contributed by atoms with Crippen LogP contribution in [-0.2, 0) is 18.3 Å². The second-order valence-corrected chi connectivity index (χ2v) is 8.80. The Labute approximate surface area is 165 Å². The molecule has 0 spiro atoms. The second-order valence-electron chi connectivity index (χ2n) is 8.80. The Morgan fingerprint density at radius 2 is 1.93 bits per heavy atom. The first-order valence-electron chi connectivity index (χ1n) is 9.98. The van der Waals surface area contributed by atoms with E-state index in [2.05, 4.69) is 43.1 Å². The second kappa shape index (κ2) is 6.03. The Morgan fingerprint density at radius 1 is 1.07 bits per heavy atom. The van der Waals surface area contributed by atoms with Crippen molar-refractivity contribution in [3.05, 3.63) is 70.9 Å². The van der Waals surface area contributed by atoms with Crippen LogP contribution in [0.25, 0.3) is 10.9 Å². The number of aromatic nitrogens is 1. The number of fused-ring (bicyclic) bond motifs is 3. The molecule has 0 amide bonds. The van der Waals surface area contributed by atoms with Gasteiger partial charge in [-0.1, -0.05) is 24.3 Å². The maximum atomic E-state index is 12.0. The monoisotopic (exact) mass is 374 g/mol. The molecule has 2 aliphatic rings. The van der Waals surface area contributed by atoms with Crippen molar-refractivity contribution in [1.82, 2.24) is 9.88 Å².